The van der Waals surface area contributed by atoms with Crippen LogP contribution < -0.4 is 4.72 Å². The standard InChI is InChI=1S/C12H13N3O4S2/c16-12(17)10-8-20-11(15-10)7-14-21(18,19)6-4-9-3-1-2-5-13-9/h1-3,5,8,14H,4,6-7H2,(H,16,17). The molecular weight excluding hydrogens is 314 g/mol. The molecule has 0 saturated carbocycles. The van der Waals surface area contributed by atoms with Crippen LogP contribution in [0.4, 0.5) is 0 Å². The molecule has 0 aliphatic carbocycles. The predicted octanol–water partition coefficient (Wildman–Crippen LogP) is 0.898. The smallest absolute Gasteiger partial charge is 0.355 e. The fraction of sp³-hybridized carbons (Fsp3) is 0.250. The lowest BCUT2D eigenvalue weighted by Gasteiger charge is -2.04. The van der Waals surface area contributed by atoms with Crippen LogP contribution in [0.25, 0.3) is 0 Å². The number of carboxylic acid groups (broad SMARTS) is 1. The molecule has 0 radical (unpaired) electrons. The van der Waals surface area contributed by atoms with Crippen molar-refractivity contribution >= 4 is 27.3 Å². The molecule has 2 N–H and O–H groups in total. The Bertz CT molecular complexity index is 713. The fourth-order valence-corrected chi connectivity index (χ4v) is 3.30. The Morgan fingerprint density at radius 2 is 2.19 bits per heavy atom. The molecule has 0 unspecified atom stereocenters. The number of nitrogens with one attached hydrogen (secondary N) is 1. The first-order valence-corrected chi connectivity index (χ1v) is 8.54. The van der Waals surface area contributed by atoms with Gasteiger partial charge in [-0.2, -0.15) is 0 Å². The highest BCUT2D eigenvalue weighted by Gasteiger charge is 2.13. The number of sulfonamides is 1. The molecule has 0 spiro atoms. The number of hydrogen-bond donors (Lipinski definition) is 2. The van der Waals surface area contributed by atoms with E-state index < -0.39 is 16.0 Å². The van der Waals surface area contributed by atoms with Gasteiger partial charge in [-0.15, -0.1) is 11.3 Å². The van der Waals surface area contributed by atoms with Gasteiger partial charge in [-0.3, -0.25) is 4.98 Å². The molecule has 112 valence electrons. The van der Waals surface area contributed by atoms with Crippen LogP contribution in [-0.4, -0.2) is 35.2 Å². The Morgan fingerprint density at radius 3 is 2.81 bits per heavy atom. The number of carbonyl (C=O) groups is 1. The summed E-state index contributed by atoms with van der Waals surface area (Å²) >= 11 is 1.10. The maximum atomic E-state index is 11.8. The molecule has 2 rings (SSSR count). The molecule has 2 aromatic heterocycles. The third kappa shape index (κ3) is 4.88. The van der Waals surface area contributed by atoms with Crippen LogP contribution in [0, 0.1) is 0 Å². The van der Waals surface area contributed by atoms with Gasteiger partial charge in [0.2, 0.25) is 10.0 Å². The van der Waals surface area contributed by atoms with Crippen LogP contribution in [0.3, 0.4) is 0 Å². The largest absolute Gasteiger partial charge is 0.476 e. The Kier molecular flexibility index (Phi) is 4.99. The average molecular weight is 327 g/mol. The van der Waals surface area contributed by atoms with Crippen molar-refractivity contribution in [2.75, 3.05) is 5.75 Å². The molecule has 0 amide bonds. The van der Waals surface area contributed by atoms with Gasteiger partial charge in [0.25, 0.3) is 0 Å². The summed E-state index contributed by atoms with van der Waals surface area (Å²) in [4.78, 5) is 18.5. The van der Waals surface area contributed by atoms with Crippen LogP contribution in [0.1, 0.15) is 21.2 Å². The van der Waals surface area contributed by atoms with Crippen molar-refractivity contribution in [3.05, 3.63) is 46.2 Å². The van der Waals surface area contributed by atoms with E-state index in [0.29, 0.717) is 17.1 Å². The molecule has 2 heterocycles. The third-order valence-electron chi connectivity index (χ3n) is 2.57. The minimum absolute atomic E-state index is 0.0114. The number of hydrogen-bond acceptors (Lipinski definition) is 6. The Labute approximate surface area is 125 Å². The van der Waals surface area contributed by atoms with E-state index in [9.17, 15) is 13.2 Å². The SMILES string of the molecule is O=C(O)c1csc(CNS(=O)(=O)CCc2ccccn2)n1. The summed E-state index contributed by atoms with van der Waals surface area (Å²) in [5.74, 6) is -1.21. The highest BCUT2D eigenvalue weighted by molar-refractivity contribution is 7.89. The summed E-state index contributed by atoms with van der Waals surface area (Å²) in [7, 11) is -3.46. The average Bonchev–Trinajstić information content (AvgIpc) is 2.94. The van der Waals surface area contributed by atoms with Crippen LogP contribution in [-0.2, 0) is 23.0 Å². The number of aromatic carboxylic acids is 1. The van der Waals surface area contributed by atoms with Crippen molar-refractivity contribution in [3.63, 3.8) is 0 Å². The lowest BCUT2D eigenvalue weighted by Crippen LogP contribution is -2.27. The first-order chi connectivity index (χ1) is 9.96. The van der Waals surface area contributed by atoms with E-state index in [1.54, 1.807) is 24.4 Å². The van der Waals surface area contributed by atoms with Gasteiger partial charge >= 0.3 is 5.97 Å². The molecule has 7 nitrogen and oxygen atoms in total. The number of aryl methyl sites for hydroxylation is 1. The lowest BCUT2D eigenvalue weighted by molar-refractivity contribution is 0.0691. The van der Waals surface area contributed by atoms with Gasteiger partial charge in [0.1, 0.15) is 5.01 Å². The maximum absolute atomic E-state index is 11.8. The van der Waals surface area contributed by atoms with Crippen LogP contribution in [0.15, 0.2) is 29.8 Å². The zero-order chi connectivity index (χ0) is 15.3. The number of carboxylic acids is 1. The Balaban J connectivity index is 1.87. The molecule has 0 aromatic carbocycles. The zero-order valence-electron chi connectivity index (χ0n) is 10.9. The Morgan fingerprint density at radius 1 is 1.38 bits per heavy atom. The number of thiazole rings is 1. The van der Waals surface area contributed by atoms with E-state index in [4.69, 9.17) is 5.11 Å². The van der Waals surface area contributed by atoms with Gasteiger partial charge < -0.3 is 5.11 Å². The summed E-state index contributed by atoms with van der Waals surface area (Å²) in [5, 5.41) is 10.5. The van der Waals surface area contributed by atoms with E-state index in [1.165, 1.54) is 5.38 Å². The second-order valence-electron chi connectivity index (χ2n) is 4.14. The van der Waals surface area contributed by atoms with Gasteiger partial charge in [-0.25, -0.2) is 22.9 Å². The van der Waals surface area contributed by atoms with Crippen molar-refractivity contribution in [2.24, 2.45) is 0 Å². The van der Waals surface area contributed by atoms with E-state index in [0.717, 1.165) is 11.3 Å². The maximum Gasteiger partial charge on any atom is 0.355 e. The molecule has 0 fully saturated rings. The lowest BCUT2D eigenvalue weighted by atomic mass is 10.3. The molecule has 0 atom stereocenters. The monoisotopic (exact) mass is 327 g/mol. The van der Waals surface area contributed by atoms with Crippen molar-refractivity contribution in [1.29, 1.82) is 0 Å². The summed E-state index contributed by atoms with van der Waals surface area (Å²) in [6.45, 7) is -0.0114. The minimum Gasteiger partial charge on any atom is -0.476 e. The molecular formula is C12H13N3O4S2. The summed E-state index contributed by atoms with van der Waals surface area (Å²) in [6.07, 6.45) is 1.92. The molecule has 0 aliphatic rings. The highest BCUT2D eigenvalue weighted by atomic mass is 32.2. The van der Waals surface area contributed by atoms with E-state index in [1.807, 2.05) is 0 Å². The van der Waals surface area contributed by atoms with Gasteiger partial charge in [0.15, 0.2) is 5.69 Å². The molecule has 2 aromatic rings. The van der Waals surface area contributed by atoms with Crippen LogP contribution >= 0.6 is 11.3 Å². The third-order valence-corrected chi connectivity index (χ3v) is 4.74. The molecule has 0 bridgehead atoms. The van der Waals surface area contributed by atoms with Crippen molar-refractivity contribution in [1.82, 2.24) is 14.7 Å². The normalized spacial score (nSPS) is 11.4. The summed E-state index contributed by atoms with van der Waals surface area (Å²) < 4.78 is 26.1. The number of rotatable bonds is 7. The van der Waals surface area contributed by atoms with Crippen molar-refractivity contribution < 1.29 is 18.3 Å². The zero-order valence-corrected chi connectivity index (χ0v) is 12.5. The van der Waals surface area contributed by atoms with Crippen LogP contribution in [0.5, 0.6) is 0 Å². The molecule has 0 aliphatic heterocycles. The van der Waals surface area contributed by atoms with Gasteiger partial charge in [0.05, 0.1) is 12.3 Å². The van der Waals surface area contributed by atoms with Crippen molar-refractivity contribution in [3.8, 4) is 0 Å². The summed E-state index contributed by atoms with van der Waals surface area (Å²) in [6, 6.07) is 5.32. The van der Waals surface area contributed by atoms with E-state index in [2.05, 4.69) is 14.7 Å². The second-order valence-corrected chi connectivity index (χ2v) is 7.01. The van der Waals surface area contributed by atoms with Crippen molar-refractivity contribution in [2.45, 2.75) is 13.0 Å². The number of nitrogens with zero attached hydrogens (tertiary/aromatic N) is 2. The second kappa shape index (κ2) is 6.74. The van der Waals surface area contributed by atoms with Gasteiger partial charge in [0, 0.05) is 23.7 Å². The first-order valence-electron chi connectivity index (χ1n) is 6.01. The molecule has 21 heavy (non-hydrogen) atoms. The van der Waals surface area contributed by atoms with E-state index in [-0.39, 0.29) is 18.0 Å². The Hall–Kier alpha value is -1.84. The summed E-state index contributed by atoms with van der Waals surface area (Å²) in [5.41, 5.74) is 0.618. The van der Waals surface area contributed by atoms with Crippen LogP contribution in [0.2, 0.25) is 0 Å². The fourth-order valence-electron chi connectivity index (χ4n) is 1.52. The van der Waals surface area contributed by atoms with E-state index >= 15 is 0 Å². The predicted molar refractivity (Wildman–Crippen MR) is 77.6 cm³/mol. The first kappa shape index (κ1) is 15.5. The van der Waals surface area contributed by atoms with Gasteiger partial charge in [-0.1, -0.05) is 6.07 Å². The quantitative estimate of drug-likeness (QED) is 0.782. The number of pyridine rings is 1. The number of aromatic nitrogens is 2. The molecule has 9 heteroatoms. The topological polar surface area (TPSA) is 109 Å². The highest BCUT2D eigenvalue weighted by Crippen LogP contribution is 2.10. The van der Waals surface area contributed by atoms with Gasteiger partial charge in [-0.05, 0) is 12.1 Å². The minimum atomic E-state index is -3.46. The molecule has 0 saturated heterocycles.